The van der Waals surface area contributed by atoms with Crippen LogP contribution in [0.2, 0.25) is 0 Å². The van der Waals surface area contributed by atoms with Gasteiger partial charge in [-0.1, -0.05) is 60.7 Å². The molecule has 0 saturated carbocycles. The van der Waals surface area contributed by atoms with E-state index in [2.05, 4.69) is 9.53 Å². The quantitative estimate of drug-likeness (QED) is 0.236. The first-order chi connectivity index (χ1) is 14.0. The number of rotatable bonds is 7. The SMILES string of the molecule is COC(=O)C(=[N+]=[N-])C(=O)CCC1(C)O[C@@H](c2ccccc2)[C@H](c2ccccc2)O1. The molecular weight excluding hydrogens is 372 g/mol. The largest absolute Gasteiger partial charge is 0.460 e. The first-order valence-corrected chi connectivity index (χ1v) is 9.26. The van der Waals surface area contributed by atoms with E-state index in [4.69, 9.17) is 15.0 Å². The molecule has 0 radical (unpaired) electrons. The molecule has 0 unspecified atom stereocenters. The van der Waals surface area contributed by atoms with Gasteiger partial charge in [0.15, 0.2) is 5.79 Å². The minimum atomic E-state index is -1.06. The summed E-state index contributed by atoms with van der Waals surface area (Å²) in [5.41, 5.74) is 10.2. The fraction of sp³-hybridized carbons (Fsp3) is 0.318. The van der Waals surface area contributed by atoms with Gasteiger partial charge >= 0.3 is 11.7 Å². The Bertz CT molecular complexity index is 875. The number of esters is 1. The Kier molecular flexibility index (Phi) is 6.34. The van der Waals surface area contributed by atoms with E-state index >= 15 is 0 Å². The average Bonchev–Trinajstić information content (AvgIpc) is 3.12. The summed E-state index contributed by atoms with van der Waals surface area (Å²) >= 11 is 0. The van der Waals surface area contributed by atoms with E-state index in [9.17, 15) is 9.59 Å². The predicted molar refractivity (Wildman–Crippen MR) is 104 cm³/mol. The summed E-state index contributed by atoms with van der Waals surface area (Å²) in [6.07, 6.45) is -0.640. The predicted octanol–water partition coefficient (Wildman–Crippen LogP) is 3.43. The fourth-order valence-electron chi connectivity index (χ4n) is 3.34. The Morgan fingerprint density at radius 2 is 1.48 bits per heavy atom. The molecule has 2 aromatic carbocycles. The fourth-order valence-corrected chi connectivity index (χ4v) is 3.34. The van der Waals surface area contributed by atoms with Crippen molar-refractivity contribution in [3.8, 4) is 0 Å². The summed E-state index contributed by atoms with van der Waals surface area (Å²) in [4.78, 5) is 26.6. The van der Waals surface area contributed by atoms with Crippen LogP contribution in [0.5, 0.6) is 0 Å². The Hall–Kier alpha value is -3.12. The standard InChI is InChI=1S/C22H22N2O5/c1-22(14-13-17(25)18(24-23)21(26)27-2)28-19(15-9-5-3-6-10-15)20(29-22)16-11-7-4-8-12-16/h3-12,19-20H,13-14H2,1-2H3/t19-,20-/m0/s1. The van der Waals surface area contributed by atoms with E-state index < -0.39 is 23.3 Å². The number of Topliss-reactive ketones (excluding diaryl/α,β-unsaturated/α-hetero) is 1. The van der Waals surface area contributed by atoms with Crippen LogP contribution in [0.25, 0.3) is 5.53 Å². The van der Waals surface area contributed by atoms with Gasteiger partial charge in [0, 0.05) is 12.8 Å². The van der Waals surface area contributed by atoms with Crippen molar-refractivity contribution in [2.45, 2.75) is 37.8 Å². The molecule has 1 fully saturated rings. The number of hydrogen-bond acceptors (Lipinski definition) is 5. The van der Waals surface area contributed by atoms with Crippen LogP contribution in [0.15, 0.2) is 60.7 Å². The van der Waals surface area contributed by atoms with Gasteiger partial charge in [0.25, 0.3) is 5.78 Å². The number of hydrogen-bond donors (Lipinski definition) is 0. The maximum absolute atomic E-state index is 12.3. The Morgan fingerprint density at radius 3 is 1.90 bits per heavy atom. The number of methoxy groups -OCH3 is 1. The van der Waals surface area contributed by atoms with Crippen LogP contribution in [0.3, 0.4) is 0 Å². The lowest BCUT2D eigenvalue weighted by Crippen LogP contribution is -2.31. The molecule has 1 heterocycles. The number of ether oxygens (including phenoxy) is 3. The highest BCUT2D eigenvalue weighted by atomic mass is 16.8. The number of nitrogens with zero attached hydrogens (tertiary/aromatic N) is 2. The molecule has 0 aliphatic carbocycles. The number of benzene rings is 2. The summed E-state index contributed by atoms with van der Waals surface area (Å²) in [7, 11) is 1.11. The van der Waals surface area contributed by atoms with Crippen molar-refractivity contribution in [3.05, 3.63) is 77.3 Å². The van der Waals surface area contributed by atoms with E-state index in [1.54, 1.807) is 6.92 Å². The summed E-state index contributed by atoms with van der Waals surface area (Å²) in [6.45, 7) is 1.76. The van der Waals surface area contributed by atoms with Crippen LogP contribution in [0, 0.1) is 0 Å². The highest BCUT2D eigenvalue weighted by Crippen LogP contribution is 2.48. The van der Waals surface area contributed by atoms with Crippen molar-refractivity contribution in [2.75, 3.05) is 7.11 Å². The lowest BCUT2D eigenvalue weighted by atomic mass is 9.99. The summed E-state index contributed by atoms with van der Waals surface area (Å²) in [5, 5.41) is 0. The van der Waals surface area contributed by atoms with Crippen LogP contribution < -0.4 is 0 Å². The zero-order valence-electron chi connectivity index (χ0n) is 16.3. The molecule has 0 N–H and O–H groups in total. The molecule has 7 nitrogen and oxygen atoms in total. The van der Waals surface area contributed by atoms with Gasteiger partial charge in [-0.25, -0.2) is 4.79 Å². The van der Waals surface area contributed by atoms with Gasteiger partial charge in [-0.2, -0.15) is 4.79 Å². The molecular formula is C22H22N2O5. The zero-order chi connectivity index (χ0) is 20.9. The van der Waals surface area contributed by atoms with Crippen molar-refractivity contribution in [3.63, 3.8) is 0 Å². The van der Waals surface area contributed by atoms with Gasteiger partial charge in [-0.15, -0.1) is 0 Å². The summed E-state index contributed by atoms with van der Waals surface area (Å²) < 4.78 is 17.0. The topological polar surface area (TPSA) is 98.2 Å². The molecule has 3 rings (SSSR count). The maximum Gasteiger partial charge on any atom is 0.441 e. The van der Waals surface area contributed by atoms with Crippen molar-refractivity contribution < 1.29 is 28.6 Å². The Balaban J connectivity index is 1.80. The van der Waals surface area contributed by atoms with Crippen molar-refractivity contribution in [2.24, 2.45) is 0 Å². The van der Waals surface area contributed by atoms with Gasteiger partial charge in [-0.3, -0.25) is 4.79 Å². The molecule has 150 valence electrons. The molecule has 2 aromatic rings. The van der Waals surface area contributed by atoms with E-state index in [-0.39, 0.29) is 25.0 Å². The van der Waals surface area contributed by atoms with Crippen LogP contribution in [0.4, 0.5) is 0 Å². The Morgan fingerprint density at radius 1 is 1.00 bits per heavy atom. The van der Waals surface area contributed by atoms with E-state index in [0.717, 1.165) is 18.2 Å². The first-order valence-electron chi connectivity index (χ1n) is 9.26. The average molecular weight is 394 g/mol. The zero-order valence-corrected chi connectivity index (χ0v) is 16.3. The van der Waals surface area contributed by atoms with Gasteiger partial charge in [0.2, 0.25) is 0 Å². The minimum Gasteiger partial charge on any atom is -0.460 e. The summed E-state index contributed by atoms with van der Waals surface area (Å²) in [5.74, 6) is -2.69. The van der Waals surface area contributed by atoms with Gasteiger partial charge < -0.3 is 19.7 Å². The third-order valence-electron chi connectivity index (χ3n) is 4.83. The summed E-state index contributed by atoms with van der Waals surface area (Å²) in [6, 6.07) is 19.4. The van der Waals surface area contributed by atoms with Crippen molar-refractivity contribution >= 4 is 17.5 Å². The van der Waals surface area contributed by atoms with E-state index in [1.165, 1.54) is 0 Å². The molecule has 0 bridgehead atoms. The Labute approximate surface area is 168 Å². The normalized spacial score (nSPS) is 19.9. The molecule has 1 aliphatic rings. The minimum absolute atomic E-state index is 0.103. The molecule has 0 amide bonds. The van der Waals surface area contributed by atoms with E-state index in [1.807, 2.05) is 60.7 Å². The second kappa shape index (κ2) is 8.92. The van der Waals surface area contributed by atoms with Crippen molar-refractivity contribution in [1.82, 2.24) is 0 Å². The van der Waals surface area contributed by atoms with Gasteiger partial charge in [-0.05, 0) is 18.1 Å². The number of carbonyl (C=O) groups is 2. The third kappa shape index (κ3) is 4.66. The molecule has 0 spiro atoms. The number of ketones is 1. The lowest BCUT2D eigenvalue weighted by molar-refractivity contribution is -0.169. The van der Waals surface area contributed by atoms with Crippen LogP contribution in [0.1, 0.15) is 43.1 Å². The number of carbonyl (C=O) groups excluding carboxylic acids is 2. The van der Waals surface area contributed by atoms with Gasteiger partial charge in [0.1, 0.15) is 12.2 Å². The van der Waals surface area contributed by atoms with Crippen LogP contribution in [-0.4, -0.2) is 35.2 Å². The monoisotopic (exact) mass is 394 g/mol. The highest BCUT2D eigenvalue weighted by Gasteiger charge is 2.46. The first kappa shape index (κ1) is 20.6. The highest BCUT2D eigenvalue weighted by molar-refractivity contribution is 6.62. The van der Waals surface area contributed by atoms with Crippen LogP contribution >= 0.6 is 0 Å². The molecule has 1 saturated heterocycles. The molecule has 29 heavy (non-hydrogen) atoms. The molecule has 7 heteroatoms. The lowest BCUT2D eigenvalue weighted by Gasteiger charge is -2.22. The third-order valence-corrected chi connectivity index (χ3v) is 4.83. The smallest absolute Gasteiger partial charge is 0.441 e. The molecule has 1 aliphatic heterocycles. The molecule has 2 atom stereocenters. The molecule has 0 aromatic heterocycles. The second-order valence-corrected chi connectivity index (χ2v) is 6.90. The maximum atomic E-state index is 12.3. The van der Waals surface area contributed by atoms with Crippen molar-refractivity contribution in [1.29, 1.82) is 0 Å². The second-order valence-electron chi connectivity index (χ2n) is 6.90. The van der Waals surface area contributed by atoms with Crippen LogP contribution in [-0.2, 0) is 23.8 Å². The van der Waals surface area contributed by atoms with E-state index in [0.29, 0.717) is 0 Å². The van der Waals surface area contributed by atoms with Gasteiger partial charge in [0.05, 0.1) is 7.11 Å².